The van der Waals surface area contributed by atoms with Crippen LogP contribution in [-0.4, -0.2) is 10.9 Å². The zero-order chi connectivity index (χ0) is 10.2. The summed E-state index contributed by atoms with van der Waals surface area (Å²) in [6.07, 6.45) is 6.61. The summed E-state index contributed by atoms with van der Waals surface area (Å²) >= 11 is 0. The molecule has 0 aliphatic heterocycles. The standard InChI is InChI=1S/C12H17NO/c1-12(2)6-5-10(8-12)13-7-3-4-11(13)9-14/h3-4,7,9-10H,5-6,8H2,1-2H3. The molecular formula is C12H17NO. The van der Waals surface area contributed by atoms with Crippen LogP contribution in [0.1, 0.15) is 49.6 Å². The van der Waals surface area contributed by atoms with Gasteiger partial charge in [-0.1, -0.05) is 13.8 Å². The highest BCUT2D eigenvalue weighted by atomic mass is 16.1. The Morgan fingerprint density at radius 1 is 1.57 bits per heavy atom. The number of nitrogens with zero attached hydrogens (tertiary/aromatic N) is 1. The van der Waals surface area contributed by atoms with Crippen LogP contribution in [0.5, 0.6) is 0 Å². The second-order valence-electron chi connectivity index (χ2n) is 5.02. The molecule has 1 unspecified atom stereocenters. The summed E-state index contributed by atoms with van der Waals surface area (Å²) in [6, 6.07) is 4.37. The summed E-state index contributed by atoms with van der Waals surface area (Å²) in [5.74, 6) is 0. The molecule has 76 valence electrons. The molecule has 0 aromatic carbocycles. The Labute approximate surface area is 84.9 Å². The first-order valence-corrected chi connectivity index (χ1v) is 5.24. The Balaban J connectivity index is 2.21. The molecular weight excluding hydrogens is 174 g/mol. The van der Waals surface area contributed by atoms with Crippen LogP contribution in [0, 0.1) is 5.41 Å². The second kappa shape index (κ2) is 3.26. The summed E-state index contributed by atoms with van der Waals surface area (Å²) in [7, 11) is 0. The van der Waals surface area contributed by atoms with Crippen LogP contribution >= 0.6 is 0 Å². The van der Waals surface area contributed by atoms with Crippen molar-refractivity contribution >= 4 is 6.29 Å². The lowest BCUT2D eigenvalue weighted by Gasteiger charge is -2.18. The Morgan fingerprint density at radius 2 is 2.36 bits per heavy atom. The van der Waals surface area contributed by atoms with Crippen molar-refractivity contribution in [2.75, 3.05) is 0 Å². The van der Waals surface area contributed by atoms with Gasteiger partial charge in [0.15, 0.2) is 6.29 Å². The van der Waals surface area contributed by atoms with Crippen LogP contribution in [0.2, 0.25) is 0 Å². The van der Waals surface area contributed by atoms with Gasteiger partial charge in [-0.2, -0.15) is 0 Å². The minimum atomic E-state index is 0.440. The average molecular weight is 191 g/mol. The third-order valence-corrected chi connectivity index (χ3v) is 3.27. The Morgan fingerprint density at radius 3 is 2.93 bits per heavy atom. The van der Waals surface area contributed by atoms with Gasteiger partial charge in [-0.3, -0.25) is 4.79 Å². The molecule has 1 aliphatic carbocycles. The van der Waals surface area contributed by atoms with Crippen LogP contribution < -0.4 is 0 Å². The number of rotatable bonds is 2. The van der Waals surface area contributed by atoms with Crippen molar-refractivity contribution in [1.82, 2.24) is 4.57 Å². The van der Waals surface area contributed by atoms with E-state index in [1.165, 1.54) is 19.3 Å². The van der Waals surface area contributed by atoms with E-state index < -0.39 is 0 Å². The summed E-state index contributed by atoms with van der Waals surface area (Å²) < 4.78 is 2.13. The zero-order valence-corrected chi connectivity index (χ0v) is 8.86. The minimum absolute atomic E-state index is 0.440. The molecule has 1 aromatic rings. The van der Waals surface area contributed by atoms with E-state index in [1.54, 1.807) is 0 Å². The molecule has 0 spiro atoms. The average Bonchev–Trinajstić information content (AvgIpc) is 2.70. The topological polar surface area (TPSA) is 22.0 Å². The molecule has 0 amide bonds. The molecule has 14 heavy (non-hydrogen) atoms. The fourth-order valence-electron chi connectivity index (χ4n) is 2.48. The van der Waals surface area contributed by atoms with Crippen molar-refractivity contribution in [1.29, 1.82) is 0 Å². The van der Waals surface area contributed by atoms with Crippen molar-refractivity contribution in [3.8, 4) is 0 Å². The fourth-order valence-corrected chi connectivity index (χ4v) is 2.48. The molecule has 1 saturated carbocycles. The molecule has 2 heteroatoms. The van der Waals surface area contributed by atoms with E-state index in [1.807, 2.05) is 18.3 Å². The number of aldehydes is 1. The van der Waals surface area contributed by atoms with Crippen LogP contribution in [0.3, 0.4) is 0 Å². The first kappa shape index (κ1) is 9.50. The number of carbonyl (C=O) groups is 1. The smallest absolute Gasteiger partial charge is 0.166 e. The monoisotopic (exact) mass is 191 g/mol. The van der Waals surface area contributed by atoms with Gasteiger partial charge >= 0.3 is 0 Å². The highest BCUT2D eigenvalue weighted by Crippen LogP contribution is 2.43. The van der Waals surface area contributed by atoms with E-state index in [2.05, 4.69) is 18.4 Å². The van der Waals surface area contributed by atoms with Crippen molar-refractivity contribution in [3.05, 3.63) is 24.0 Å². The van der Waals surface area contributed by atoms with Gasteiger partial charge in [0.2, 0.25) is 0 Å². The molecule has 0 bridgehead atoms. The molecule has 2 rings (SSSR count). The van der Waals surface area contributed by atoms with Gasteiger partial charge < -0.3 is 4.57 Å². The zero-order valence-electron chi connectivity index (χ0n) is 8.86. The van der Waals surface area contributed by atoms with Gasteiger partial charge in [-0.05, 0) is 36.8 Å². The quantitative estimate of drug-likeness (QED) is 0.658. The maximum atomic E-state index is 10.8. The van der Waals surface area contributed by atoms with E-state index in [-0.39, 0.29) is 0 Å². The third kappa shape index (κ3) is 1.61. The molecule has 0 N–H and O–H groups in total. The molecule has 0 saturated heterocycles. The van der Waals surface area contributed by atoms with Crippen molar-refractivity contribution in [3.63, 3.8) is 0 Å². The van der Waals surface area contributed by atoms with Gasteiger partial charge in [0.05, 0.1) is 5.69 Å². The van der Waals surface area contributed by atoms with Crippen LogP contribution in [0.15, 0.2) is 18.3 Å². The minimum Gasteiger partial charge on any atom is -0.342 e. The highest BCUT2D eigenvalue weighted by molar-refractivity contribution is 5.72. The maximum absolute atomic E-state index is 10.8. The van der Waals surface area contributed by atoms with E-state index in [0.717, 1.165) is 12.0 Å². The first-order chi connectivity index (χ1) is 6.62. The summed E-state index contributed by atoms with van der Waals surface area (Å²) in [5, 5.41) is 0. The largest absolute Gasteiger partial charge is 0.342 e. The van der Waals surface area contributed by atoms with E-state index in [4.69, 9.17) is 0 Å². The van der Waals surface area contributed by atoms with Gasteiger partial charge in [-0.15, -0.1) is 0 Å². The lowest BCUT2D eigenvalue weighted by molar-refractivity contribution is 0.111. The molecule has 1 heterocycles. The Hall–Kier alpha value is -1.05. The number of carbonyl (C=O) groups excluding carboxylic acids is 1. The molecule has 2 nitrogen and oxygen atoms in total. The van der Waals surface area contributed by atoms with E-state index >= 15 is 0 Å². The van der Waals surface area contributed by atoms with Crippen molar-refractivity contribution in [2.45, 2.75) is 39.2 Å². The Kier molecular flexibility index (Phi) is 2.22. The van der Waals surface area contributed by atoms with Crippen LogP contribution in [0.25, 0.3) is 0 Å². The molecule has 0 radical (unpaired) electrons. The highest BCUT2D eigenvalue weighted by Gasteiger charge is 2.32. The van der Waals surface area contributed by atoms with Crippen LogP contribution in [0.4, 0.5) is 0 Å². The number of aromatic nitrogens is 1. The SMILES string of the molecule is CC1(C)CCC(n2cccc2C=O)C1. The summed E-state index contributed by atoms with van der Waals surface area (Å²) in [6.45, 7) is 4.61. The third-order valence-electron chi connectivity index (χ3n) is 3.27. The lowest BCUT2D eigenvalue weighted by Crippen LogP contribution is -2.10. The predicted octanol–water partition coefficient (Wildman–Crippen LogP) is 3.05. The molecule has 1 atom stereocenters. The van der Waals surface area contributed by atoms with Gasteiger partial charge in [0, 0.05) is 12.2 Å². The van der Waals surface area contributed by atoms with Gasteiger partial charge in [0.1, 0.15) is 0 Å². The van der Waals surface area contributed by atoms with Crippen molar-refractivity contribution in [2.24, 2.45) is 5.41 Å². The fraction of sp³-hybridized carbons (Fsp3) is 0.583. The van der Waals surface area contributed by atoms with E-state index in [9.17, 15) is 4.79 Å². The second-order valence-corrected chi connectivity index (χ2v) is 5.02. The Bertz CT molecular complexity index is 338. The lowest BCUT2D eigenvalue weighted by atomic mass is 9.92. The normalized spacial score (nSPS) is 25.1. The maximum Gasteiger partial charge on any atom is 0.166 e. The van der Waals surface area contributed by atoms with Crippen LogP contribution in [-0.2, 0) is 0 Å². The molecule has 1 aliphatic rings. The van der Waals surface area contributed by atoms with E-state index in [0.29, 0.717) is 11.5 Å². The van der Waals surface area contributed by atoms with Gasteiger partial charge in [0.25, 0.3) is 0 Å². The predicted molar refractivity (Wildman–Crippen MR) is 56.5 cm³/mol. The summed E-state index contributed by atoms with van der Waals surface area (Å²) in [4.78, 5) is 10.8. The number of hydrogen-bond donors (Lipinski definition) is 0. The van der Waals surface area contributed by atoms with Gasteiger partial charge in [-0.25, -0.2) is 0 Å². The first-order valence-electron chi connectivity index (χ1n) is 5.24. The number of hydrogen-bond acceptors (Lipinski definition) is 1. The summed E-state index contributed by atoms with van der Waals surface area (Å²) in [5.41, 5.74) is 1.25. The molecule has 1 aromatic heterocycles. The van der Waals surface area contributed by atoms with Crippen molar-refractivity contribution < 1.29 is 4.79 Å². The molecule has 1 fully saturated rings.